The van der Waals surface area contributed by atoms with E-state index in [0.29, 0.717) is 13.2 Å². The molecule has 0 aromatic rings. The minimum atomic E-state index is -0.945. The van der Waals surface area contributed by atoms with Crippen molar-refractivity contribution in [2.45, 2.75) is 6.92 Å². The van der Waals surface area contributed by atoms with Crippen molar-refractivity contribution in [2.24, 2.45) is 0 Å². The molecule has 1 N–H and O–H groups in total. The van der Waals surface area contributed by atoms with Crippen molar-refractivity contribution < 1.29 is 14.6 Å². The van der Waals surface area contributed by atoms with Gasteiger partial charge in [0.1, 0.15) is 0 Å². The van der Waals surface area contributed by atoms with E-state index in [2.05, 4.69) is 0 Å². The van der Waals surface area contributed by atoms with Gasteiger partial charge in [-0.15, -0.1) is 0 Å². The Morgan fingerprint density at radius 3 is 2.64 bits per heavy atom. The van der Waals surface area contributed by atoms with Gasteiger partial charge in [-0.05, 0) is 6.92 Å². The predicted molar refractivity (Wildman–Crippen MR) is 42.4 cm³/mol. The second kappa shape index (κ2) is 7.02. The first-order valence-corrected chi connectivity index (χ1v) is 3.35. The highest BCUT2D eigenvalue weighted by Gasteiger charge is 1.83. The molecule has 0 heterocycles. The van der Waals surface area contributed by atoms with Gasteiger partial charge in [0.25, 0.3) is 0 Å². The van der Waals surface area contributed by atoms with E-state index in [-0.39, 0.29) is 0 Å². The number of hydrogen-bond donors (Lipinski definition) is 1. The molecular formula is C8H12O3. The third-order valence-corrected chi connectivity index (χ3v) is 0.924. The third-order valence-electron chi connectivity index (χ3n) is 0.924. The van der Waals surface area contributed by atoms with Crippen LogP contribution in [0.2, 0.25) is 0 Å². The minimum Gasteiger partial charge on any atom is -0.478 e. The first-order chi connectivity index (χ1) is 5.27. The summed E-state index contributed by atoms with van der Waals surface area (Å²) >= 11 is 0. The zero-order valence-electron chi connectivity index (χ0n) is 6.49. The molecule has 0 saturated carbocycles. The quantitative estimate of drug-likeness (QED) is 0.370. The van der Waals surface area contributed by atoms with Gasteiger partial charge >= 0.3 is 5.97 Å². The molecule has 11 heavy (non-hydrogen) atoms. The van der Waals surface area contributed by atoms with Gasteiger partial charge in [0.2, 0.25) is 0 Å². The van der Waals surface area contributed by atoms with Crippen LogP contribution in [0.15, 0.2) is 24.3 Å². The van der Waals surface area contributed by atoms with Crippen LogP contribution < -0.4 is 0 Å². The highest BCUT2D eigenvalue weighted by atomic mass is 16.5. The summed E-state index contributed by atoms with van der Waals surface area (Å²) in [4.78, 5) is 9.93. The van der Waals surface area contributed by atoms with Gasteiger partial charge in [0, 0.05) is 6.08 Å². The topological polar surface area (TPSA) is 46.5 Å². The Morgan fingerprint density at radius 2 is 2.09 bits per heavy atom. The molecule has 0 aromatic heterocycles. The minimum absolute atomic E-state index is 0.344. The maximum absolute atomic E-state index is 9.93. The van der Waals surface area contributed by atoms with Crippen molar-refractivity contribution in [1.82, 2.24) is 0 Å². The van der Waals surface area contributed by atoms with Crippen molar-refractivity contribution in [3.8, 4) is 0 Å². The molecule has 0 amide bonds. The van der Waals surface area contributed by atoms with E-state index in [4.69, 9.17) is 9.84 Å². The summed E-state index contributed by atoms with van der Waals surface area (Å²) in [6.07, 6.45) is 6.26. The number of ether oxygens (including phenoxy) is 1. The van der Waals surface area contributed by atoms with Gasteiger partial charge in [0.05, 0.1) is 13.2 Å². The van der Waals surface area contributed by atoms with Crippen LogP contribution in [0.3, 0.4) is 0 Å². The number of carbonyl (C=O) groups is 1. The lowest BCUT2D eigenvalue weighted by molar-refractivity contribution is -0.131. The summed E-state index contributed by atoms with van der Waals surface area (Å²) < 4.78 is 4.99. The van der Waals surface area contributed by atoms with E-state index in [9.17, 15) is 4.79 Å². The summed E-state index contributed by atoms with van der Waals surface area (Å²) in [5.41, 5.74) is 0. The maximum Gasteiger partial charge on any atom is 0.328 e. The molecule has 0 saturated heterocycles. The number of carboxylic acids is 1. The Hall–Kier alpha value is -1.09. The zero-order chi connectivity index (χ0) is 8.53. The van der Waals surface area contributed by atoms with Crippen molar-refractivity contribution in [3.63, 3.8) is 0 Å². The normalized spacial score (nSPS) is 11.4. The largest absolute Gasteiger partial charge is 0.478 e. The first-order valence-electron chi connectivity index (χ1n) is 3.35. The lowest BCUT2D eigenvalue weighted by Gasteiger charge is -1.92. The molecule has 3 heteroatoms. The molecule has 0 spiro atoms. The molecule has 0 fully saturated rings. The van der Waals surface area contributed by atoms with Crippen LogP contribution in [-0.4, -0.2) is 24.3 Å². The first kappa shape index (κ1) is 9.91. The van der Waals surface area contributed by atoms with E-state index >= 15 is 0 Å². The van der Waals surface area contributed by atoms with Crippen LogP contribution in [0.1, 0.15) is 6.92 Å². The van der Waals surface area contributed by atoms with Gasteiger partial charge < -0.3 is 9.84 Å². The summed E-state index contributed by atoms with van der Waals surface area (Å²) in [6, 6.07) is 0. The van der Waals surface area contributed by atoms with E-state index < -0.39 is 5.97 Å². The van der Waals surface area contributed by atoms with Crippen LogP contribution in [0, 0.1) is 0 Å². The number of carboxylic acid groups (broad SMARTS) is 1. The smallest absolute Gasteiger partial charge is 0.328 e. The van der Waals surface area contributed by atoms with Crippen molar-refractivity contribution in [2.75, 3.05) is 13.2 Å². The average Bonchev–Trinajstić information content (AvgIpc) is 1.96. The molecule has 0 rings (SSSR count). The Balaban J connectivity index is 3.20. The third kappa shape index (κ3) is 8.91. The maximum atomic E-state index is 9.93. The second-order valence-electron chi connectivity index (χ2n) is 1.85. The molecule has 0 bridgehead atoms. The molecule has 0 aromatic carbocycles. The lowest BCUT2D eigenvalue weighted by atomic mass is 10.5. The molecule has 0 atom stereocenters. The monoisotopic (exact) mass is 156 g/mol. The highest BCUT2D eigenvalue weighted by molar-refractivity contribution is 5.79. The van der Waals surface area contributed by atoms with E-state index in [1.165, 1.54) is 6.08 Å². The molecule has 0 radical (unpaired) electrons. The van der Waals surface area contributed by atoms with Gasteiger partial charge in [-0.3, -0.25) is 0 Å². The van der Waals surface area contributed by atoms with E-state index in [0.717, 1.165) is 6.08 Å². The lowest BCUT2D eigenvalue weighted by Crippen LogP contribution is -1.92. The summed E-state index contributed by atoms with van der Waals surface area (Å²) in [5, 5.41) is 8.16. The number of allylic oxidation sites excluding steroid dienone is 1. The van der Waals surface area contributed by atoms with Gasteiger partial charge in [-0.2, -0.15) is 0 Å². The zero-order valence-corrected chi connectivity index (χ0v) is 6.49. The van der Waals surface area contributed by atoms with Gasteiger partial charge in [-0.1, -0.05) is 18.2 Å². The number of hydrogen-bond acceptors (Lipinski definition) is 2. The van der Waals surface area contributed by atoms with Gasteiger partial charge in [0.15, 0.2) is 0 Å². The standard InChI is InChI=1S/C8H12O3/c1-2-3-6-11-7-4-5-8(9)10/h2-5H,6-7H2,1H3,(H,9,10). The molecule has 62 valence electrons. The fraction of sp³-hybridized carbons (Fsp3) is 0.375. The molecule has 0 aliphatic rings. The fourth-order valence-corrected chi connectivity index (χ4v) is 0.449. The van der Waals surface area contributed by atoms with Gasteiger partial charge in [-0.25, -0.2) is 4.79 Å². The molecule has 0 aliphatic heterocycles. The fourth-order valence-electron chi connectivity index (χ4n) is 0.449. The van der Waals surface area contributed by atoms with Crippen LogP contribution in [-0.2, 0) is 9.53 Å². The summed E-state index contributed by atoms with van der Waals surface area (Å²) in [7, 11) is 0. The van der Waals surface area contributed by atoms with Crippen LogP contribution >= 0.6 is 0 Å². The van der Waals surface area contributed by atoms with Crippen molar-refractivity contribution in [3.05, 3.63) is 24.3 Å². The van der Waals surface area contributed by atoms with Crippen molar-refractivity contribution >= 4 is 5.97 Å². The second-order valence-corrected chi connectivity index (χ2v) is 1.85. The SMILES string of the molecule is CC=CCOCC=CC(=O)O. The van der Waals surface area contributed by atoms with E-state index in [1.807, 2.05) is 19.1 Å². The summed E-state index contributed by atoms with van der Waals surface area (Å²) in [5.74, 6) is -0.945. The van der Waals surface area contributed by atoms with Crippen LogP contribution in [0.4, 0.5) is 0 Å². The number of rotatable bonds is 5. The van der Waals surface area contributed by atoms with Crippen molar-refractivity contribution in [1.29, 1.82) is 0 Å². The molecule has 0 unspecified atom stereocenters. The van der Waals surface area contributed by atoms with Crippen LogP contribution in [0.25, 0.3) is 0 Å². The highest BCUT2D eigenvalue weighted by Crippen LogP contribution is 1.79. The van der Waals surface area contributed by atoms with Crippen LogP contribution in [0.5, 0.6) is 0 Å². The molecule has 3 nitrogen and oxygen atoms in total. The predicted octanol–water partition coefficient (Wildman–Crippen LogP) is 1.22. The Labute approximate surface area is 66.0 Å². The Bertz CT molecular complexity index is 159. The molecule has 0 aliphatic carbocycles. The Morgan fingerprint density at radius 1 is 1.45 bits per heavy atom. The summed E-state index contributed by atoms with van der Waals surface area (Å²) in [6.45, 7) is 2.77. The Kier molecular flexibility index (Phi) is 6.33. The molecular weight excluding hydrogens is 144 g/mol. The van der Waals surface area contributed by atoms with E-state index in [1.54, 1.807) is 0 Å². The number of aliphatic carboxylic acids is 1. The average molecular weight is 156 g/mol.